The first kappa shape index (κ1) is 15.9. The molecule has 0 aliphatic carbocycles. The monoisotopic (exact) mass is 334 g/mol. The van der Waals surface area contributed by atoms with E-state index < -0.39 is 0 Å². The SMILES string of the molecule is COc1cccc(-n2ccc([C@@H]3OCCN3Cc3ccccc3)c2)c1. The van der Waals surface area contributed by atoms with E-state index in [0.717, 1.165) is 31.1 Å². The summed E-state index contributed by atoms with van der Waals surface area (Å²) in [6.07, 6.45) is 4.22. The van der Waals surface area contributed by atoms with Gasteiger partial charge in [0.15, 0.2) is 0 Å². The van der Waals surface area contributed by atoms with Crippen LogP contribution in [0.3, 0.4) is 0 Å². The van der Waals surface area contributed by atoms with Crippen LogP contribution in [0.25, 0.3) is 5.69 Å². The summed E-state index contributed by atoms with van der Waals surface area (Å²) in [6.45, 7) is 2.61. The van der Waals surface area contributed by atoms with E-state index in [4.69, 9.17) is 9.47 Å². The van der Waals surface area contributed by atoms with Crippen molar-refractivity contribution in [1.29, 1.82) is 0 Å². The molecule has 0 spiro atoms. The molecule has 1 aliphatic heterocycles. The van der Waals surface area contributed by atoms with E-state index in [2.05, 4.69) is 64.3 Å². The van der Waals surface area contributed by atoms with Gasteiger partial charge in [-0.1, -0.05) is 36.4 Å². The van der Waals surface area contributed by atoms with Crippen LogP contribution < -0.4 is 4.74 Å². The molecular weight excluding hydrogens is 312 g/mol. The van der Waals surface area contributed by atoms with Crippen molar-refractivity contribution < 1.29 is 9.47 Å². The van der Waals surface area contributed by atoms with Crippen LogP contribution in [0.1, 0.15) is 17.4 Å². The minimum atomic E-state index is 0.00654. The third kappa shape index (κ3) is 3.45. The fourth-order valence-corrected chi connectivity index (χ4v) is 3.28. The molecule has 1 aliphatic rings. The topological polar surface area (TPSA) is 26.6 Å². The Hall–Kier alpha value is -2.56. The van der Waals surface area contributed by atoms with Crippen LogP contribution in [0.2, 0.25) is 0 Å². The summed E-state index contributed by atoms with van der Waals surface area (Å²) in [5, 5.41) is 0. The van der Waals surface area contributed by atoms with E-state index in [0.29, 0.717) is 0 Å². The van der Waals surface area contributed by atoms with Crippen molar-refractivity contribution in [1.82, 2.24) is 9.47 Å². The van der Waals surface area contributed by atoms with Crippen molar-refractivity contribution in [2.24, 2.45) is 0 Å². The Morgan fingerprint density at radius 3 is 2.80 bits per heavy atom. The normalized spacial score (nSPS) is 17.7. The van der Waals surface area contributed by atoms with Crippen molar-refractivity contribution in [2.75, 3.05) is 20.3 Å². The van der Waals surface area contributed by atoms with Gasteiger partial charge in [-0.3, -0.25) is 4.90 Å². The predicted molar refractivity (Wildman–Crippen MR) is 97.9 cm³/mol. The van der Waals surface area contributed by atoms with Crippen molar-refractivity contribution in [2.45, 2.75) is 12.8 Å². The maximum Gasteiger partial charge on any atom is 0.138 e. The molecule has 0 amide bonds. The average Bonchev–Trinajstić information content (AvgIpc) is 3.32. The van der Waals surface area contributed by atoms with E-state index in [1.165, 1.54) is 11.1 Å². The number of aromatic nitrogens is 1. The number of benzene rings is 2. The van der Waals surface area contributed by atoms with Gasteiger partial charge in [0.2, 0.25) is 0 Å². The fraction of sp³-hybridized carbons (Fsp3) is 0.238. The summed E-state index contributed by atoms with van der Waals surface area (Å²) < 4.78 is 13.4. The first-order valence-corrected chi connectivity index (χ1v) is 8.55. The Kier molecular flexibility index (Phi) is 4.55. The van der Waals surface area contributed by atoms with Gasteiger partial charge in [0.1, 0.15) is 12.0 Å². The highest BCUT2D eigenvalue weighted by atomic mass is 16.5. The molecule has 1 aromatic heterocycles. The highest BCUT2D eigenvalue weighted by Crippen LogP contribution is 2.29. The minimum Gasteiger partial charge on any atom is -0.497 e. The van der Waals surface area contributed by atoms with Gasteiger partial charge in [0, 0.05) is 42.8 Å². The molecule has 0 unspecified atom stereocenters. The minimum absolute atomic E-state index is 0.00654. The molecule has 2 aromatic carbocycles. The zero-order chi connectivity index (χ0) is 17.1. The standard InChI is InChI=1S/C21H22N2O2/c1-24-20-9-5-8-19(14-20)22-11-10-18(16-22)21-23(12-13-25-21)15-17-6-3-2-4-7-17/h2-11,14,16,21H,12-13,15H2,1H3/t21-/m0/s1. The van der Waals surface area contributed by atoms with Crippen LogP contribution >= 0.6 is 0 Å². The Labute approximate surface area is 148 Å². The zero-order valence-electron chi connectivity index (χ0n) is 14.3. The summed E-state index contributed by atoms with van der Waals surface area (Å²) in [6, 6.07) is 20.7. The smallest absolute Gasteiger partial charge is 0.138 e. The molecule has 128 valence electrons. The second-order valence-electron chi connectivity index (χ2n) is 6.23. The summed E-state index contributed by atoms with van der Waals surface area (Å²) in [7, 11) is 1.69. The molecule has 0 saturated carbocycles. The van der Waals surface area contributed by atoms with E-state index in [1.54, 1.807) is 7.11 Å². The van der Waals surface area contributed by atoms with Crippen LogP contribution in [0.15, 0.2) is 73.1 Å². The fourth-order valence-electron chi connectivity index (χ4n) is 3.28. The maximum atomic E-state index is 6.01. The molecule has 4 nitrogen and oxygen atoms in total. The lowest BCUT2D eigenvalue weighted by atomic mass is 10.2. The number of ether oxygens (including phenoxy) is 2. The Morgan fingerprint density at radius 1 is 1.08 bits per heavy atom. The number of hydrogen-bond acceptors (Lipinski definition) is 3. The molecule has 1 fully saturated rings. The molecule has 3 aromatic rings. The maximum absolute atomic E-state index is 6.01. The lowest BCUT2D eigenvalue weighted by Gasteiger charge is -2.22. The van der Waals surface area contributed by atoms with Gasteiger partial charge in [0.05, 0.1) is 13.7 Å². The van der Waals surface area contributed by atoms with Gasteiger partial charge >= 0.3 is 0 Å². The third-order valence-electron chi connectivity index (χ3n) is 4.57. The first-order valence-electron chi connectivity index (χ1n) is 8.55. The van der Waals surface area contributed by atoms with Crippen LogP contribution in [0.5, 0.6) is 5.75 Å². The number of nitrogens with zero attached hydrogens (tertiary/aromatic N) is 2. The van der Waals surface area contributed by atoms with Gasteiger partial charge in [-0.05, 0) is 23.8 Å². The quantitative estimate of drug-likeness (QED) is 0.705. The van der Waals surface area contributed by atoms with Gasteiger partial charge in [-0.15, -0.1) is 0 Å². The first-order chi connectivity index (χ1) is 12.3. The molecule has 1 atom stereocenters. The molecule has 1 saturated heterocycles. The Bertz CT molecular complexity index is 829. The van der Waals surface area contributed by atoms with Crippen LogP contribution in [0, 0.1) is 0 Å². The largest absolute Gasteiger partial charge is 0.497 e. The molecule has 4 rings (SSSR count). The van der Waals surface area contributed by atoms with Gasteiger partial charge in [-0.25, -0.2) is 0 Å². The van der Waals surface area contributed by atoms with E-state index in [1.807, 2.05) is 18.2 Å². The van der Waals surface area contributed by atoms with Crippen LogP contribution in [-0.4, -0.2) is 29.7 Å². The second-order valence-corrected chi connectivity index (χ2v) is 6.23. The summed E-state index contributed by atoms with van der Waals surface area (Å²) in [5.41, 5.74) is 3.57. The van der Waals surface area contributed by atoms with E-state index in [-0.39, 0.29) is 6.23 Å². The molecule has 25 heavy (non-hydrogen) atoms. The molecule has 2 heterocycles. The van der Waals surface area contributed by atoms with Gasteiger partial charge in [-0.2, -0.15) is 0 Å². The third-order valence-corrected chi connectivity index (χ3v) is 4.57. The number of hydrogen-bond donors (Lipinski definition) is 0. The predicted octanol–water partition coefficient (Wildman–Crippen LogP) is 4.02. The van der Waals surface area contributed by atoms with Gasteiger partial charge < -0.3 is 14.0 Å². The molecule has 0 N–H and O–H groups in total. The highest BCUT2D eigenvalue weighted by Gasteiger charge is 2.27. The lowest BCUT2D eigenvalue weighted by Crippen LogP contribution is -2.23. The van der Waals surface area contributed by atoms with Crippen LogP contribution in [-0.2, 0) is 11.3 Å². The van der Waals surface area contributed by atoms with Crippen molar-refractivity contribution in [3.05, 3.63) is 84.2 Å². The summed E-state index contributed by atoms with van der Waals surface area (Å²) in [5.74, 6) is 0.857. The van der Waals surface area contributed by atoms with Crippen molar-refractivity contribution in [3.8, 4) is 11.4 Å². The highest BCUT2D eigenvalue weighted by molar-refractivity contribution is 5.40. The summed E-state index contributed by atoms with van der Waals surface area (Å²) >= 11 is 0. The second kappa shape index (κ2) is 7.13. The molecule has 4 heteroatoms. The average molecular weight is 334 g/mol. The molecule has 0 bridgehead atoms. The number of rotatable bonds is 5. The van der Waals surface area contributed by atoms with Crippen molar-refractivity contribution >= 4 is 0 Å². The van der Waals surface area contributed by atoms with Gasteiger partial charge in [0.25, 0.3) is 0 Å². The Morgan fingerprint density at radius 2 is 1.96 bits per heavy atom. The van der Waals surface area contributed by atoms with Crippen molar-refractivity contribution in [3.63, 3.8) is 0 Å². The van der Waals surface area contributed by atoms with E-state index in [9.17, 15) is 0 Å². The zero-order valence-corrected chi connectivity index (χ0v) is 14.3. The van der Waals surface area contributed by atoms with Crippen LogP contribution in [0.4, 0.5) is 0 Å². The molecular formula is C21H22N2O2. The summed E-state index contributed by atoms with van der Waals surface area (Å²) in [4.78, 5) is 2.38. The van der Waals surface area contributed by atoms with E-state index >= 15 is 0 Å². The molecule has 0 radical (unpaired) electrons. The Balaban J connectivity index is 1.54. The number of methoxy groups -OCH3 is 1. The lowest BCUT2D eigenvalue weighted by molar-refractivity contribution is 0.0288.